The lowest BCUT2D eigenvalue weighted by molar-refractivity contribution is 0.394. The molecule has 0 spiro atoms. The minimum absolute atomic E-state index is 0.586. The minimum atomic E-state index is 0.586. The van der Waals surface area contributed by atoms with E-state index >= 15 is 0 Å². The van der Waals surface area contributed by atoms with Crippen molar-refractivity contribution in [1.29, 1.82) is 0 Å². The second kappa shape index (κ2) is 4.14. The van der Waals surface area contributed by atoms with E-state index in [-0.39, 0.29) is 0 Å². The average molecular weight is 339 g/mol. The lowest BCUT2D eigenvalue weighted by atomic mass is 10.1. The van der Waals surface area contributed by atoms with E-state index in [0.717, 1.165) is 15.5 Å². The third kappa shape index (κ3) is 1.84. The largest absolute Gasteiger partial charge is 0.361 e. The molecule has 1 N–H and O–H groups in total. The molecule has 0 amide bonds. The van der Waals surface area contributed by atoms with E-state index in [1.807, 2.05) is 18.3 Å². The maximum atomic E-state index is 5.00. The number of aromatic amines is 1. The monoisotopic (exact) mass is 339 g/mol. The fourth-order valence-electron chi connectivity index (χ4n) is 1.84. The number of hydrogen-bond donors (Lipinski definition) is 1. The Hall–Kier alpha value is -1.37. The van der Waals surface area contributed by atoms with Gasteiger partial charge in [-0.2, -0.15) is 4.98 Å². The van der Waals surface area contributed by atoms with Crippen LogP contribution in [-0.2, 0) is 4.43 Å². The Morgan fingerprint density at radius 1 is 1.41 bits per heavy atom. The molecule has 0 aliphatic heterocycles. The predicted octanol–water partition coefficient (Wildman–Crippen LogP) is 3.46. The molecule has 0 fully saturated rings. The summed E-state index contributed by atoms with van der Waals surface area (Å²) in [6.07, 6.45) is 2.04. The van der Waals surface area contributed by atoms with Gasteiger partial charge >= 0.3 is 0 Å². The summed E-state index contributed by atoms with van der Waals surface area (Å²) >= 11 is 2.36. The number of nitrogens with one attached hydrogen (secondary N) is 1. The molecule has 0 saturated carbocycles. The lowest BCUT2D eigenvalue weighted by Gasteiger charge is -1.97. The number of nitrogens with zero attached hydrogens (tertiary/aromatic N) is 2. The molecule has 3 aromatic rings. The van der Waals surface area contributed by atoms with Crippen molar-refractivity contribution in [3.05, 3.63) is 35.9 Å². The first kappa shape index (κ1) is 10.8. The molecule has 0 radical (unpaired) electrons. The molecule has 0 bridgehead atoms. The third-order valence-electron chi connectivity index (χ3n) is 2.70. The summed E-state index contributed by atoms with van der Waals surface area (Å²) in [6, 6.07) is 6.15. The molecule has 2 aromatic heterocycles. The predicted molar refractivity (Wildman–Crippen MR) is 74.1 cm³/mol. The molecule has 17 heavy (non-hydrogen) atoms. The van der Waals surface area contributed by atoms with Crippen LogP contribution in [0.15, 0.2) is 28.9 Å². The fraction of sp³-hybridized carbons (Fsp3) is 0.167. The number of benzene rings is 1. The summed E-state index contributed by atoms with van der Waals surface area (Å²) in [6.45, 7) is 1.79. The quantitative estimate of drug-likeness (QED) is 0.575. The van der Waals surface area contributed by atoms with Crippen LogP contribution in [0.5, 0.6) is 0 Å². The van der Waals surface area contributed by atoms with E-state index < -0.39 is 0 Å². The van der Waals surface area contributed by atoms with Gasteiger partial charge in [0.15, 0.2) is 0 Å². The molecule has 86 valence electrons. The Morgan fingerprint density at radius 3 is 3.00 bits per heavy atom. The van der Waals surface area contributed by atoms with Crippen LogP contribution in [0.25, 0.3) is 22.3 Å². The van der Waals surface area contributed by atoms with Gasteiger partial charge in [-0.05, 0) is 23.8 Å². The highest BCUT2D eigenvalue weighted by Crippen LogP contribution is 2.25. The molecule has 4 nitrogen and oxygen atoms in total. The first-order chi connectivity index (χ1) is 8.28. The summed E-state index contributed by atoms with van der Waals surface area (Å²) in [5.41, 5.74) is 3.42. The average Bonchev–Trinajstić information content (AvgIpc) is 2.94. The zero-order valence-electron chi connectivity index (χ0n) is 9.20. The molecule has 1 aromatic carbocycles. The highest BCUT2D eigenvalue weighted by atomic mass is 127. The van der Waals surface area contributed by atoms with E-state index in [2.05, 4.69) is 43.8 Å². The van der Waals surface area contributed by atoms with Gasteiger partial charge in [-0.15, -0.1) is 0 Å². The molecular weight excluding hydrogens is 329 g/mol. The fourth-order valence-corrected chi connectivity index (χ4v) is 2.48. The smallest absolute Gasteiger partial charge is 0.223 e. The Balaban J connectivity index is 2.18. The van der Waals surface area contributed by atoms with E-state index in [1.54, 1.807) is 6.92 Å². The highest BCUT2D eigenvalue weighted by molar-refractivity contribution is 14.1. The van der Waals surface area contributed by atoms with Gasteiger partial charge in [0.2, 0.25) is 11.7 Å². The molecule has 3 rings (SSSR count). The standard InChI is InChI=1S/C12H10IN3O/c1-7-15-12(16-17-7)8-2-3-11-10(4-8)9(5-13)6-14-11/h2-4,6,14H,5H2,1H3. The van der Waals surface area contributed by atoms with Gasteiger partial charge < -0.3 is 9.51 Å². The van der Waals surface area contributed by atoms with Gasteiger partial charge in [0.25, 0.3) is 0 Å². The summed E-state index contributed by atoms with van der Waals surface area (Å²) in [5, 5.41) is 5.16. The number of rotatable bonds is 2. The second-order valence-corrected chi connectivity index (χ2v) is 4.61. The van der Waals surface area contributed by atoms with Gasteiger partial charge in [0.05, 0.1) is 0 Å². The second-order valence-electron chi connectivity index (χ2n) is 3.84. The molecule has 0 saturated heterocycles. The molecular formula is C12H10IN3O. The zero-order chi connectivity index (χ0) is 11.8. The van der Waals surface area contributed by atoms with Crippen LogP contribution in [0.3, 0.4) is 0 Å². The first-order valence-electron chi connectivity index (χ1n) is 5.24. The molecule has 0 atom stereocenters. The summed E-state index contributed by atoms with van der Waals surface area (Å²) in [7, 11) is 0. The highest BCUT2D eigenvalue weighted by Gasteiger charge is 2.08. The van der Waals surface area contributed by atoms with Crippen LogP contribution < -0.4 is 0 Å². The van der Waals surface area contributed by atoms with Gasteiger partial charge in [-0.25, -0.2) is 0 Å². The van der Waals surface area contributed by atoms with Crippen molar-refractivity contribution in [1.82, 2.24) is 15.1 Å². The maximum Gasteiger partial charge on any atom is 0.223 e. The number of aromatic nitrogens is 3. The summed E-state index contributed by atoms with van der Waals surface area (Å²) < 4.78 is 5.98. The SMILES string of the molecule is Cc1nc(-c2ccc3[nH]cc(CI)c3c2)no1. The van der Waals surface area contributed by atoms with Crippen molar-refractivity contribution in [2.24, 2.45) is 0 Å². The Labute approximate surface area is 112 Å². The minimum Gasteiger partial charge on any atom is -0.361 e. The number of alkyl halides is 1. The van der Waals surface area contributed by atoms with Gasteiger partial charge in [-0.1, -0.05) is 27.7 Å². The van der Waals surface area contributed by atoms with E-state index in [0.29, 0.717) is 11.7 Å². The van der Waals surface area contributed by atoms with Gasteiger partial charge in [0.1, 0.15) is 0 Å². The molecule has 5 heteroatoms. The molecule has 0 aliphatic carbocycles. The molecule has 0 aliphatic rings. The van der Waals surface area contributed by atoms with E-state index in [1.165, 1.54) is 10.9 Å². The van der Waals surface area contributed by atoms with Crippen molar-refractivity contribution >= 4 is 33.5 Å². The van der Waals surface area contributed by atoms with Crippen molar-refractivity contribution in [3.63, 3.8) is 0 Å². The molecule has 2 heterocycles. The van der Waals surface area contributed by atoms with Crippen molar-refractivity contribution < 1.29 is 4.52 Å². The van der Waals surface area contributed by atoms with Crippen LogP contribution in [0.4, 0.5) is 0 Å². The lowest BCUT2D eigenvalue weighted by Crippen LogP contribution is -1.81. The van der Waals surface area contributed by atoms with E-state index in [4.69, 9.17) is 4.52 Å². The van der Waals surface area contributed by atoms with Crippen molar-refractivity contribution in [2.45, 2.75) is 11.4 Å². The Bertz CT molecular complexity index is 671. The maximum absolute atomic E-state index is 5.00. The number of aryl methyl sites for hydroxylation is 1. The van der Waals surface area contributed by atoms with Crippen LogP contribution >= 0.6 is 22.6 Å². The molecule has 0 unspecified atom stereocenters. The summed E-state index contributed by atoms with van der Waals surface area (Å²) in [5.74, 6) is 1.23. The van der Waals surface area contributed by atoms with Crippen molar-refractivity contribution in [2.75, 3.05) is 0 Å². The zero-order valence-corrected chi connectivity index (χ0v) is 11.4. The normalized spacial score (nSPS) is 11.2. The number of halogens is 1. The van der Waals surface area contributed by atoms with Crippen LogP contribution in [0.1, 0.15) is 11.5 Å². The van der Waals surface area contributed by atoms with Crippen LogP contribution in [-0.4, -0.2) is 15.1 Å². The third-order valence-corrected chi connectivity index (χ3v) is 3.52. The Morgan fingerprint density at radius 2 is 2.29 bits per heavy atom. The van der Waals surface area contributed by atoms with Crippen LogP contribution in [0.2, 0.25) is 0 Å². The Kier molecular flexibility index (Phi) is 2.62. The van der Waals surface area contributed by atoms with E-state index in [9.17, 15) is 0 Å². The topological polar surface area (TPSA) is 54.7 Å². The van der Waals surface area contributed by atoms with Crippen molar-refractivity contribution in [3.8, 4) is 11.4 Å². The number of fused-ring (bicyclic) bond motifs is 1. The van der Waals surface area contributed by atoms with Gasteiger partial charge in [-0.3, -0.25) is 0 Å². The first-order valence-corrected chi connectivity index (χ1v) is 6.77. The van der Waals surface area contributed by atoms with Gasteiger partial charge in [0, 0.05) is 34.0 Å². The number of H-pyrrole nitrogens is 1. The van der Waals surface area contributed by atoms with Crippen LogP contribution in [0, 0.1) is 6.92 Å². The number of hydrogen-bond acceptors (Lipinski definition) is 3. The summed E-state index contributed by atoms with van der Waals surface area (Å²) in [4.78, 5) is 7.49.